The second-order valence-corrected chi connectivity index (χ2v) is 7.07. The lowest BCUT2D eigenvalue weighted by Crippen LogP contribution is -2.51. The summed E-state index contributed by atoms with van der Waals surface area (Å²) in [7, 11) is 0. The molecule has 0 radical (unpaired) electrons. The Morgan fingerprint density at radius 2 is 1.79 bits per heavy atom. The minimum atomic E-state index is -0.153. The van der Waals surface area contributed by atoms with Crippen LogP contribution in [0.3, 0.4) is 0 Å². The van der Waals surface area contributed by atoms with Crippen LogP contribution in [0.25, 0.3) is 0 Å². The van der Waals surface area contributed by atoms with Gasteiger partial charge in [0.25, 0.3) is 0 Å². The largest absolute Gasteiger partial charge is 0.370 e. The summed E-state index contributed by atoms with van der Waals surface area (Å²) in [6, 6.07) is 11.1. The Bertz CT molecular complexity index is 663. The Morgan fingerprint density at radius 3 is 2.50 bits per heavy atom. The molecule has 0 amide bonds. The summed E-state index contributed by atoms with van der Waals surface area (Å²) in [5, 5.41) is 0. The van der Waals surface area contributed by atoms with Crippen molar-refractivity contribution < 1.29 is 4.39 Å². The molecule has 3 nitrogen and oxygen atoms in total. The SMILES string of the molecule is Fc1ccc(CN2CCCC23CCN(c2cccnc2)CC3)cc1. The molecule has 0 N–H and O–H groups in total. The highest BCUT2D eigenvalue weighted by atomic mass is 19.1. The highest BCUT2D eigenvalue weighted by Crippen LogP contribution is 2.40. The third kappa shape index (κ3) is 3.03. The number of nitrogens with zero attached hydrogens (tertiary/aromatic N) is 3. The van der Waals surface area contributed by atoms with Crippen LogP contribution in [0.15, 0.2) is 48.8 Å². The van der Waals surface area contributed by atoms with Gasteiger partial charge in [-0.05, 0) is 62.1 Å². The van der Waals surface area contributed by atoms with Gasteiger partial charge in [-0.3, -0.25) is 9.88 Å². The molecule has 1 aromatic heterocycles. The van der Waals surface area contributed by atoms with Crippen LogP contribution in [0.1, 0.15) is 31.2 Å². The molecular formula is C20H24FN3. The van der Waals surface area contributed by atoms with E-state index in [2.05, 4.69) is 20.9 Å². The zero-order valence-corrected chi connectivity index (χ0v) is 14.0. The molecule has 0 aliphatic carbocycles. The van der Waals surface area contributed by atoms with Crippen LogP contribution in [0.5, 0.6) is 0 Å². The van der Waals surface area contributed by atoms with Crippen molar-refractivity contribution in [3.05, 3.63) is 60.2 Å². The average molecular weight is 325 g/mol. The van der Waals surface area contributed by atoms with E-state index in [1.54, 1.807) is 12.1 Å². The summed E-state index contributed by atoms with van der Waals surface area (Å²) in [5.74, 6) is -0.153. The van der Waals surface area contributed by atoms with E-state index in [0.717, 1.165) is 26.2 Å². The zero-order valence-electron chi connectivity index (χ0n) is 14.0. The van der Waals surface area contributed by atoms with E-state index in [1.165, 1.54) is 36.9 Å². The average Bonchev–Trinajstić information content (AvgIpc) is 3.00. The van der Waals surface area contributed by atoms with Gasteiger partial charge in [0.05, 0.1) is 11.9 Å². The number of rotatable bonds is 3. The van der Waals surface area contributed by atoms with Gasteiger partial charge in [-0.15, -0.1) is 0 Å². The standard InChI is InChI=1S/C20H24FN3/c21-18-6-4-17(5-7-18)16-24-12-2-8-20(24)9-13-23(14-10-20)19-3-1-11-22-15-19/h1,3-7,11,15H,2,8-10,12-14,16H2. The molecule has 1 aromatic carbocycles. The molecule has 4 rings (SSSR count). The van der Waals surface area contributed by atoms with Gasteiger partial charge < -0.3 is 4.90 Å². The number of likely N-dealkylation sites (tertiary alicyclic amines) is 1. The van der Waals surface area contributed by atoms with Crippen LogP contribution in [0, 0.1) is 5.82 Å². The summed E-state index contributed by atoms with van der Waals surface area (Å²) in [6.07, 6.45) is 8.74. The highest BCUT2D eigenvalue weighted by molar-refractivity contribution is 5.44. The molecule has 3 heterocycles. The molecule has 2 fully saturated rings. The number of benzene rings is 1. The maximum absolute atomic E-state index is 13.1. The predicted octanol–water partition coefficient (Wildman–Crippen LogP) is 3.86. The van der Waals surface area contributed by atoms with Gasteiger partial charge in [-0.2, -0.15) is 0 Å². The third-order valence-electron chi connectivity index (χ3n) is 5.73. The maximum atomic E-state index is 13.1. The summed E-state index contributed by atoms with van der Waals surface area (Å²) in [5.41, 5.74) is 2.77. The van der Waals surface area contributed by atoms with Crippen LogP contribution < -0.4 is 4.90 Å². The first-order chi connectivity index (χ1) is 11.8. The van der Waals surface area contributed by atoms with Gasteiger partial charge in [0, 0.05) is 31.4 Å². The summed E-state index contributed by atoms with van der Waals surface area (Å²) in [6.45, 7) is 4.27. The third-order valence-corrected chi connectivity index (χ3v) is 5.73. The van der Waals surface area contributed by atoms with Crippen molar-refractivity contribution in [2.75, 3.05) is 24.5 Å². The molecule has 4 heteroatoms. The van der Waals surface area contributed by atoms with Crippen LogP contribution >= 0.6 is 0 Å². The zero-order chi connectivity index (χ0) is 16.4. The monoisotopic (exact) mass is 325 g/mol. The van der Waals surface area contributed by atoms with Gasteiger partial charge in [0.15, 0.2) is 0 Å². The van der Waals surface area contributed by atoms with Crippen molar-refractivity contribution >= 4 is 5.69 Å². The van der Waals surface area contributed by atoms with Crippen molar-refractivity contribution in [3.63, 3.8) is 0 Å². The molecule has 2 aliphatic heterocycles. The summed E-state index contributed by atoms with van der Waals surface area (Å²) < 4.78 is 13.1. The Morgan fingerprint density at radius 1 is 1.00 bits per heavy atom. The molecule has 2 saturated heterocycles. The molecule has 2 aromatic rings. The second kappa shape index (κ2) is 6.52. The molecule has 1 spiro atoms. The van der Waals surface area contributed by atoms with Gasteiger partial charge in [-0.1, -0.05) is 12.1 Å². The van der Waals surface area contributed by atoms with E-state index >= 15 is 0 Å². The number of hydrogen-bond acceptors (Lipinski definition) is 3. The predicted molar refractivity (Wildman–Crippen MR) is 94.5 cm³/mol. The lowest BCUT2D eigenvalue weighted by molar-refractivity contribution is 0.0998. The van der Waals surface area contributed by atoms with Crippen LogP contribution in [0.4, 0.5) is 10.1 Å². The van der Waals surface area contributed by atoms with E-state index in [9.17, 15) is 4.39 Å². The highest BCUT2D eigenvalue weighted by Gasteiger charge is 2.42. The van der Waals surface area contributed by atoms with E-state index in [1.807, 2.05) is 30.6 Å². The first-order valence-electron chi connectivity index (χ1n) is 8.90. The first-order valence-corrected chi connectivity index (χ1v) is 8.90. The number of piperidine rings is 1. The summed E-state index contributed by atoms with van der Waals surface area (Å²) >= 11 is 0. The number of pyridine rings is 1. The maximum Gasteiger partial charge on any atom is 0.123 e. The van der Waals surface area contributed by atoms with Crippen molar-refractivity contribution in [1.29, 1.82) is 0 Å². The normalized spacial score (nSPS) is 20.6. The number of hydrogen-bond donors (Lipinski definition) is 0. The van der Waals surface area contributed by atoms with Crippen LogP contribution in [-0.2, 0) is 6.54 Å². The van der Waals surface area contributed by atoms with Gasteiger partial charge in [0.1, 0.15) is 5.82 Å². The van der Waals surface area contributed by atoms with E-state index < -0.39 is 0 Å². The fourth-order valence-electron chi connectivity index (χ4n) is 4.34. The van der Waals surface area contributed by atoms with Gasteiger partial charge in [0.2, 0.25) is 0 Å². The first kappa shape index (κ1) is 15.6. The van der Waals surface area contributed by atoms with Crippen molar-refractivity contribution in [1.82, 2.24) is 9.88 Å². The Labute approximate surface area is 143 Å². The lowest BCUT2D eigenvalue weighted by Gasteiger charge is -2.45. The van der Waals surface area contributed by atoms with Crippen molar-refractivity contribution in [2.24, 2.45) is 0 Å². The van der Waals surface area contributed by atoms with Crippen LogP contribution in [-0.4, -0.2) is 35.1 Å². The second-order valence-electron chi connectivity index (χ2n) is 7.07. The number of aromatic nitrogens is 1. The minimum Gasteiger partial charge on any atom is -0.370 e. The van der Waals surface area contributed by atoms with Gasteiger partial charge in [-0.25, -0.2) is 4.39 Å². The van der Waals surface area contributed by atoms with Crippen LogP contribution in [0.2, 0.25) is 0 Å². The fourth-order valence-corrected chi connectivity index (χ4v) is 4.34. The quantitative estimate of drug-likeness (QED) is 0.854. The minimum absolute atomic E-state index is 0.153. The molecule has 2 aliphatic rings. The van der Waals surface area contributed by atoms with E-state index in [0.29, 0.717) is 5.54 Å². The molecular weight excluding hydrogens is 301 g/mol. The number of anilines is 1. The molecule has 24 heavy (non-hydrogen) atoms. The Hall–Kier alpha value is -1.94. The van der Waals surface area contributed by atoms with E-state index in [4.69, 9.17) is 0 Å². The number of halogens is 1. The topological polar surface area (TPSA) is 19.4 Å². The fraction of sp³-hybridized carbons (Fsp3) is 0.450. The summed E-state index contributed by atoms with van der Waals surface area (Å²) in [4.78, 5) is 9.33. The van der Waals surface area contributed by atoms with E-state index in [-0.39, 0.29) is 5.82 Å². The molecule has 0 unspecified atom stereocenters. The Kier molecular flexibility index (Phi) is 4.23. The molecule has 126 valence electrons. The lowest BCUT2D eigenvalue weighted by atomic mass is 9.84. The smallest absolute Gasteiger partial charge is 0.123 e. The molecule has 0 bridgehead atoms. The van der Waals surface area contributed by atoms with Crippen molar-refractivity contribution in [3.8, 4) is 0 Å². The molecule has 0 saturated carbocycles. The molecule has 0 atom stereocenters. The van der Waals surface area contributed by atoms with Gasteiger partial charge >= 0.3 is 0 Å². The Balaban J connectivity index is 1.44. The van der Waals surface area contributed by atoms with Crippen molar-refractivity contribution in [2.45, 2.75) is 37.8 Å².